The largest absolute Gasteiger partial charge is 0.497 e. The highest BCUT2D eigenvalue weighted by Gasteiger charge is 2.40. The number of hydrogen-bond acceptors (Lipinski definition) is 6. The van der Waals surface area contributed by atoms with Crippen LogP contribution < -0.4 is 9.64 Å². The van der Waals surface area contributed by atoms with Gasteiger partial charge in [0.15, 0.2) is 0 Å². The first kappa shape index (κ1) is 23.0. The van der Waals surface area contributed by atoms with E-state index in [1.807, 2.05) is 23.1 Å². The van der Waals surface area contributed by atoms with E-state index in [0.29, 0.717) is 26.7 Å². The summed E-state index contributed by atoms with van der Waals surface area (Å²) in [5, 5.41) is 9.36. The molecule has 0 N–H and O–H groups in total. The molecule has 2 heterocycles. The van der Waals surface area contributed by atoms with Gasteiger partial charge in [0.1, 0.15) is 5.75 Å². The molecule has 0 bridgehead atoms. The summed E-state index contributed by atoms with van der Waals surface area (Å²) in [4.78, 5) is 15.2. The molecule has 0 spiro atoms. The Hall–Kier alpha value is -2.22. The standard InChI is InChI=1S/C23H23Cl2N3O3S/c1-13-11-23(2,3)28(19-8-6-15(30-4)10-17(13)19)20(29)12-32-22-27-26-21(31-22)16-7-5-14(24)9-18(16)25/h5-10,13H,11-12H2,1-4H3/t13-/m0/s1. The number of methoxy groups -OCH3 is 1. The second kappa shape index (κ2) is 8.96. The topological polar surface area (TPSA) is 68.5 Å². The molecular weight excluding hydrogens is 469 g/mol. The third-order valence-corrected chi connectivity index (χ3v) is 6.91. The van der Waals surface area contributed by atoms with E-state index in [0.717, 1.165) is 23.4 Å². The molecule has 0 saturated heterocycles. The number of carbonyl (C=O) groups is 1. The third kappa shape index (κ3) is 4.47. The molecule has 0 radical (unpaired) electrons. The second-order valence-corrected chi connectivity index (χ2v) is 10.1. The molecule has 4 rings (SSSR count). The number of ether oxygens (including phenoxy) is 1. The van der Waals surface area contributed by atoms with Crippen molar-refractivity contribution in [2.75, 3.05) is 17.8 Å². The number of thioether (sulfide) groups is 1. The van der Waals surface area contributed by atoms with E-state index in [-0.39, 0.29) is 23.1 Å². The number of fused-ring (bicyclic) bond motifs is 1. The van der Waals surface area contributed by atoms with E-state index in [4.69, 9.17) is 32.4 Å². The Morgan fingerprint density at radius 3 is 2.75 bits per heavy atom. The molecule has 6 nitrogen and oxygen atoms in total. The molecule has 2 aromatic carbocycles. The number of amides is 1. The quantitative estimate of drug-likeness (QED) is 0.381. The molecule has 1 aromatic heterocycles. The lowest BCUT2D eigenvalue weighted by Gasteiger charge is -2.46. The van der Waals surface area contributed by atoms with Gasteiger partial charge in [0.25, 0.3) is 5.22 Å². The van der Waals surface area contributed by atoms with E-state index in [1.165, 1.54) is 11.8 Å². The zero-order valence-corrected chi connectivity index (χ0v) is 20.5. The number of nitrogens with zero attached hydrogens (tertiary/aromatic N) is 3. The van der Waals surface area contributed by atoms with Gasteiger partial charge in [0.05, 0.1) is 23.4 Å². The summed E-state index contributed by atoms with van der Waals surface area (Å²) >= 11 is 13.4. The minimum absolute atomic E-state index is 0.0254. The molecule has 168 valence electrons. The lowest BCUT2D eigenvalue weighted by Crippen LogP contribution is -2.52. The van der Waals surface area contributed by atoms with Crippen LogP contribution in [0.5, 0.6) is 5.75 Å². The van der Waals surface area contributed by atoms with E-state index < -0.39 is 0 Å². The Morgan fingerprint density at radius 1 is 1.25 bits per heavy atom. The van der Waals surface area contributed by atoms with Crippen LogP contribution in [0.25, 0.3) is 11.5 Å². The van der Waals surface area contributed by atoms with Crippen molar-refractivity contribution >= 4 is 46.6 Å². The van der Waals surface area contributed by atoms with Gasteiger partial charge in [-0.25, -0.2) is 0 Å². The fraction of sp³-hybridized carbons (Fsp3) is 0.348. The van der Waals surface area contributed by atoms with E-state index >= 15 is 0 Å². The van der Waals surface area contributed by atoms with Crippen molar-refractivity contribution in [3.05, 3.63) is 52.0 Å². The van der Waals surface area contributed by atoms with Crippen LogP contribution >= 0.6 is 35.0 Å². The predicted molar refractivity (Wildman–Crippen MR) is 128 cm³/mol. The summed E-state index contributed by atoms with van der Waals surface area (Å²) in [6, 6.07) is 10.9. The van der Waals surface area contributed by atoms with Gasteiger partial charge < -0.3 is 14.1 Å². The lowest BCUT2D eigenvalue weighted by molar-refractivity contribution is -0.117. The minimum Gasteiger partial charge on any atom is -0.497 e. The van der Waals surface area contributed by atoms with E-state index in [2.05, 4.69) is 31.0 Å². The Labute approximate surface area is 201 Å². The SMILES string of the molecule is COc1ccc2c(c1)[C@@H](C)CC(C)(C)N2C(=O)CSc1nnc(-c2ccc(Cl)cc2Cl)o1. The van der Waals surface area contributed by atoms with Crippen LogP contribution in [0.15, 0.2) is 46.0 Å². The van der Waals surface area contributed by atoms with Gasteiger partial charge in [-0.15, -0.1) is 10.2 Å². The Balaban J connectivity index is 1.53. The van der Waals surface area contributed by atoms with Crippen LogP contribution in [0.1, 0.15) is 38.7 Å². The average Bonchev–Trinajstić information content (AvgIpc) is 3.20. The van der Waals surface area contributed by atoms with Gasteiger partial charge in [0, 0.05) is 16.2 Å². The molecule has 1 aliphatic heterocycles. The van der Waals surface area contributed by atoms with Gasteiger partial charge in [-0.3, -0.25) is 4.79 Å². The number of hydrogen-bond donors (Lipinski definition) is 0. The first-order valence-electron chi connectivity index (χ1n) is 10.1. The van der Waals surface area contributed by atoms with Crippen LogP contribution in [-0.4, -0.2) is 34.5 Å². The van der Waals surface area contributed by atoms with Crippen molar-refractivity contribution in [2.24, 2.45) is 0 Å². The number of halogens is 2. The molecule has 1 aliphatic rings. The molecule has 32 heavy (non-hydrogen) atoms. The van der Waals surface area contributed by atoms with Crippen molar-refractivity contribution in [1.29, 1.82) is 0 Å². The van der Waals surface area contributed by atoms with Crippen molar-refractivity contribution < 1.29 is 13.9 Å². The van der Waals surface area contributed by atoms with Crippen LogP contribution in [0, 0.1) is 0 Å². The molecule has 0 saturated carbocycles. The molecule has 9 heteroatoms. The second-order valence-electron chi connectivity index (χ2n) is 8.36. The summed E-state index contributed by atoms with van der Waals surface area (Å²) in [5.74, 6) is 1.53. The van der Waals surface area contributed by atoms with Crippen molar-refractivity contribution in [2.45, 2.75) is 43.9 Å². The zero-order valence-electron chi connectivity index (χ0n) is 18.2. The number of aromatic nitrogens is 2. The maximum absolute atomic E-state index is 13.3. The van der Waals surface area contributed by atoms with Gasteiger partial charge in [0.2, 0.25) is 11.8 Å². The number of rotatable bonds is 5. The first-order valence-corrected chi connectivity index (χ1v) is 11.9. The minimum atomic E-state index is -0.324. The van der Waals surface area contributed by atoms with Crippen LogP contribution in [0.4, 0.5) is 5.69 Å². The highest BCUT2D eigenvalue weighted by atomic mass is 35.5. The van der Waals surface area contributed by atoms with Gasteiger partial charge in [-0.2, -0.15) is 0 Å². The predicted octanol–water partition coefficient (Wildman–Crippen LogP) is 6.46. The van der Waals surface area contributed by atoms with Crippen molar-refractivity contribution in [3.63, 3.8) is 0 Å². The Bertz CT molecular complexity index is 1170. The van der Waals surface area contributed by atoms with E-state index in [9.17, 15) is 4.79 Å². The summed E-state index contributed by atoms with van der Waals surface area (Å²) in [6.45, 7) is 6.36. The van der Waals surface area contributed by atoms with Crippen LogP contribution in [0.3, 0.4) is 0 Å². The number of carbonyl (C=O) groups excluding carboxylic acids is 1. The van der Waals surface area contributed by atoms with Gasteiger partial charge >= 0.3 is 0 Å². The molecule has 0 fully saturated rings. The smallest absolute Gasteiger partial charge is 0.277 e. The highest BCUT2D eigenvalue weighted by Crippen LogP contribution is 2.45. The molecular formula is C23H23Cl2N3O3S. The summed E-state index contributed by atoms with van der Waals surface area (Å²) < 4.78 is 11.1. The van der Waals surface area contributed by atoms with E-state index in [1.54, 1.807) is 25.3 Å². The summed E-state index contributed by atoms with van der Waals surface area (Å²) in [7, 11) is 1.65. The molecule has 0 aliphatic carbocycles. The molecule has 1 amide bonds. The first-order chi connectivity index (χ1) is 15.2. The van der Waals surface area contributed by atoms with Crippen LogP contribution in [0.2, 0.25) is 10.0 Å². The molecule has 1 atom stereocenters. The fourth-order valence-electron chi connectivity index (χ4n) is 4.23. The zero-order chi connectivity index (χ0) is 23.0. The lowest BCUT2D eigenvalue weighted by atomic mass is 9.80. The number of anilines is 1. The molecule has 3 aromatic rings. The van der Waals surface area contributed by atoms with Gasteiger partial charge in [-0.1, -0.05) is 41.9 Å². The fourth-order valence-corrected chi connectivity index (χ4v) is 5.34. The molecule has 0 unspecified atom stereocenters. The maximum Gasteiger partial charge on any atom is 0.277 e. The Morgan fingerprint density at radius 2 is 2.03 bits per heavy atom. The summed E-state index contributed by atoms with van der Waals surface area (Å²) in [6.07, 6.45) is 0.851. The Kier molecular flexibility index (Phi) is 6.43. The third-order valence-electron chi connectivity index (χ3n) is 5.55. The number of benzene rings is 2. The average molecular weight is 492 g/mol. The monoisotopic (exact) mass is 491 g/mol. The van der Waals surface area contributed by atoms with Crippen LogP contribution in [-0.2, 0) is 4.79 Å². The van der Waals surface area contributed by atoms with Crippen molar-refractivity contribution in [3.8, 4) is 17.2 Å². The highest BCUT2D eigenvalue weighted by molar-refractivity contribution is 7.99. The normalized spacial score (nSPS) is 17.2. The summed E-state index contributed by atoms with van der Waals surface area (Å²) in [5.41, 5.74) is 2.30. The van der Waals surface area contributed by atoms with Gasteiger partial charge in [-0.05, 0) is 68.1 Å². The maximum atomic E-state index is 13.3. The van der Waals surface area contributed by atoms with Crippen molar-refractivity contribution in [1.82, 2.24) is 10.2 Å².